The van der Waals surface area contributed by atoms with Crippen molar-refractivity contribution in [3.63, 3.8) is 0 Å². The zero-order chi connectivity index (χ0) is 19.4. The van der Waals surface area contributed by atoms with Crippen LogP contribution >= 0.6 is 0 Å². The number of carbonyl (C=O) groups is 2. The van der Waals surface area contributed by atoms with E-state index in [9.17, 15) is 9.59 Å². The Balaban J connectivity index is 2.01. The molecule has 27 heavy (non-hydrogen) atoms. The molecule has 1 aromatic heterocycles. The molecule has 0 aliphatic heterocycles. The van der Waals surface area contributed by atoms with E-state index in [1.54, 1.807) is 29.3 Å². The monoisotopic (exact) mass is 369 g/mol. The highest BCUT2D eigenvalue weighted by Crippen LogP contribution is 2.26. The summed E-state index contributed by atoms with van der Waals surface area (Å²) in [5.41, 5.74) is 21.5. The van der Waals surface area contributed by atoms with E-state index in [4.69, 9.17) is 17.2 Å². The van der Waals surface area contributed by atoms with Gasteiger partial charge in [-0.05, 0) is 37.1 Å². The van der Waals surface area contributed by atoms with Crippen LogP contribution in [0.15, 0.2) is 36.7 Å². The van der Waals surface area contributed by atoms with Gasteiger partial charge in [-0.25, -0.2) is 15.4 Å². The molecule has 9 heteroatoms. The maximum absolute atomic E-state index is 11.8. The maximum Gasteiger partial charge on any atom is 0.271 e. The van der Waals surface area contributed by atoms with Crippen molar-refractivity contribution in [3.8, 4) is 0 Å². The third-order valence-corrected chi connectivity index (χ3v) is 4.65. The van der Waals surface area contributed by atoms with E-state index in [2.05, 4.69) is 15.4 Å². The van der Waals surface area contributed by atoms with Crippen molar-refractivity contribution < 1.29 is 9.59 Å². The van der Waals surface area contributed by atoms with Gasteiger partial charge in [-0.1, -0.05) is 12.8 Å². The predicted molar refractivity (Wildman–Crippen MR) is 101 cm³/mol. The van der Waals surface area contributed by atoms with Crippen LogP contribution in [0.25, 0.3) is 0 Å². The third kappa shape index (κ3) is 4.21. The molecule has 0 radical (unpaired) electrons. The molecule has 7 N–H and O–H groups in total. The minimum absolute atomic E-state index is 0.00250. The lowest BCUT2D eigenvalue weighted by Gasteiger charge is -2.35. The summed E-state index contributed by atoms with van der Waals surface area (Å²) < 4.78 is 0. The molecule has 1 aliphatic carbocycles. The maximum atomic E-state index is 11.8. The first-order valence-corrected chi connectivity index (χ1v) is 8.80. The first-order valence-electron chi connectivity index (χ1n) is 8.80. The molecular weight excluding hydrogens is 346 g/mol. The van der Waals surface area contributed by atoms with E-state index < -0.39 is 11.8 Å². The summed E-state index contributed by atoms with van der Waals surface area (Å²) in [7, 11) is 0. The molecular formula is C18H23N7O2. The number of primary amides is 2. The van der Waals surface area contributed by atoms with Crippen molar-refractivity contribution in [1.29, 1.82) is 0 Å². The summed E-state index contributed by atoms with van der Waals surface area (Å²) in [4.78, 5) is 31.5. The van der Waals surface area contributed by atoms with Gasteiger partial charge in [0.25, 0.3) is 5.91 Å². The van der Waals surface area contributed by atoms with Gasteiger partial charge in [-0.2, -0.15) is 0 Å². The van der Waals surface area contributed by atoms with Crippen LogP contribution in [-0.2, 0) is 0 Å². The summed E-state index contributed by atoms with van der Waals surface area (Å²) in [5, 5.41) is 1.65. The molecule has 2 amide bonds. The summed E-state index contributed by atoms with van der Waals surface area (Å²) in [5.74, 6) is -0.936. The number of benzene rings is 1. The van der Waals surface area contributed by atoms with Gasteiger partial charge >= 0.3 is 0 Å². The molecule has 0 spiro atoms. The van der Waals surface area contributed by atoms with Crippen molar-refractivity contribution in [2.45, 2.75) is 37.8 Å². The predicted octanol–water partition coefficient (Wildman–Crippen LogP) is 0.587. The third-order valence-electron chi connectivity index (χ3n) is 4.65. The van der Waals surface area contributed by atoms with Gasteiger partial charge in [0.15, 0.2) is 11.5 Å². The Bertz CT molecular complexity index is 825. The Morgan fingerprint density at radius 1 is 1.00 bits per heavy atom. The Kier molecular flexibility index (Phi) is 5.63. The molecule has 2 aromatic rings. The van der Waals surface area contributed by atoms with Gasteiger partial charge in [-0.15, -0.1) is 0 Å². The zero-order valence-electron chi connectivity index (χ0n) is 14.8. The number of hydrazine groups is 1. The number of rotatable bonds is 6. The fraction of sp³-hybridized carbons (Fsp3) is 0.333. The van der Waals surface area contributed by atoms with Crippen molar-refractivity contribution in [1.82, 2.24) is 15.4 Å². The lowest BCUT2D eigenvalue weighted by molar-refractivity contribution is 0.0989. The molecule has 1 aliphatic rings. The molecule has 0 saturated heterocycles. The molecule has 3 rings (SSSR count). The Hall–Kier alpha value is -3.04. The number of amides is 2. The number of hydrogen-bond acceptors (Lipinski definition) is 7. The van der Waals surface area contributed by atoms with Gasteiger partial charge < -0.3 is 17.2 Å². The van der Waals surface area contributed by atoms with Crippen LogP contribution in [0, 0.1) is 0 Å². The Morgan fingerprint density at radius 3 is 2.30 bits per heavy atom. The highest BCUT2D eigenvalue weighted by Gasteiger charge is 2.27. The highest BCUT2D eigenvalue weighted by molar-refractivity contribution is 5.96. The molecule has 1 fully saturated rings. The molecule has 0 bridgehead atoms. The van der Waals surface area contributed by atoms with Crippen LogP contribution in [0.1, 0.15) is 46.5 Å². The molecule has 142 valence electrons. The molecule has 9 nitrogen and oxygen atoms in total. The van der Waals surface area contributed by atoms with Crippen molar-refractivity contribution >= 4 is 23.3 Å². The summed E-state index contributed by atoms with van der Waals surface area (Å²) >= 11 is 0. The Morgan fingerprint density at radius 2 is 1.67 bits per heavy atom. The number of anilines is 2. The van der Waals surface area contributed by atoms with Gasteiger partial charge in [0.05, 0.1) is 5.69 Å². The topological polar surface area (TPSA) is 153 Å². The lowest BCUT2D eigenvalue weighted by Crippen LogP contribution is -2.53. The second-order valence-corrected chi connectivity index (χ2v) is 6.52. The fourth-order valence-corrected chi connectivity index (χ4v) is 3.19. The highest BCUT2D eigenvalue weighted by atomic mass is 16.1. The molecule has 1 heterocycles. The van der Waals surface area contributed by atoms with Gasteiger partial charge in [0, 0.05) is 30.0 Å². The van der Waals surface area contributed by atoms with Crippen LogP contribution in [0.4, 0.5) is 11.5 Å². The number of nitrogens with one attached hydrogen (secondary N) is 1. The molecule has 2 unspecified atom stereocenters. The number of nitrogens with two attached hydrogens (primary N) is 3. The van der Waals surface area contributed by atoms with Crippen molar-refractivity contribution in [3.05, 3.63) is 47.9 Å². The summed E-state index contributed by atoms with van der Waals surface area (Å²) in [6.45, 7) is 0. The first kappa shape index (κ1) is 18.7. The summed E-state index contributed by atoms with van der Waals surface area (Å²) in [6.07, 6.45) is 6.84. The van der Waals surface area contributed by atoms with Gasteiger partial charge in [-0.3, -0.25) is 14.6 Å². The number of nitrogens with zero attached hydrogens (tertiary/aromatic N) is 3. The Labute approximate surface area is 156 Å². The minimum Gasteiger partial charge on any atom is -0.366 e. The van der Waals surface area contributed by atoms with E-state index in [0.29, 0.717) is 11.3 Å². The average Bonchev–Trinajstić information content (AvgIpc) is 2.67. The molecule has 1 aromatic carbocycles. The van der Waals surface area contributed by atoms with Crippen LogP contribution < -0.4 is 27.6 Å². The molecule has 2 atom stereocenters. The fourth-order valence-electron chi connectivity index (χ4n) is 3.19. The van der Waals surface area contributed by atoms with E-state index in [0.717, 1.165) is 25.7 Å². The van der Waals surface area contributed by atoms with Crippen molar-refractivity contribution in [2.24, 2.45) is 17.2 Å². The van der Waals surface area contributed by atoms with E-state index >= 15 is 0 Å². The average molecular weight is 369 g/mol. The first-order chi connectivity index (χ1) is 13.0. The van der Waals surface area contributed by atoms with Crippen LogP contribution in [0.5, 0.6) is 0 Å². The largest absolute Gasteiger partial charge is 0.366 e. The minimum atomic E-state index is -0.688. The van der Waals surface area contributed by atoms with Crippen LogP contribution in [0.3, 0.4) is 0 Å². The second kappa shape index (κ2) is 8.11. The van der Waals surface area contributed by atoms with Crippen LogP contribution in [0.2, 0.25) is 0 Å². The van der Waals surface area contributed by atoms with Gasteiger partial charge in [0.1, 0.15) is 0 Å². The van der Waals surface area contributed by atoms with Crippen molar-refractivity contribution in [2.75, 3.05) is 5.01 Å². The van der Waals surface area contributed by atoms with E-state index in [1.807, 2.05) is 0 Å². The number of hydrogen-bond donors (Lipinski definition) is 4. The smallest absolute Gasteiger partial charge is 0.271 e. The van der Waals surface area contributed by atoms with Crippen LogP contribution in [-0.4, -0.2) is 33.9 Å². The summed E-state index contributed by atoms with van der Waals surface area (Å²) in [6, 6.07) is 6.60. The second-order valence-electron chi connectivity index (χ2n) is 6.52. The standard InChI is InChI=1S/C18H23N7O2/c19-13-3-1-2-4-14(13)24-25(12-7-5-11(6-8-12)16(20)26)18-15(17(21)27)22-9-10-23-18/h5-10,13-14,24H,1-4,19H2,(H2,20,26)(H2,21,27). The number of carbonyl (C=O) groups excluding carboxylic acids is 2. The zero-order valence-corrected chi connectivity index (χ0v) is 14.8. The normalized spacial score (nSPS) is 19.4. The van der Waals surface area contributed by atoms with E-state index in [-0.39, 0.29) is 23.6 Å². The quantitative estimate of drug-likeness (QED) is 0.543. The van der Waals surface area contributed by atoms with Gasteiger partial charge in [0.2, 0.25) is 5.91 Å². The SMILES string of the molecule is NC(=O)c1ccc(N(NC2CCCCC2N)c2nccnc2C(N)=O)cc1. The van der Waals surface area contributed by atoms with E-state index in [1.165, 1.54) is 12.4 Å². The molecule has 1 saturated carbocycles. The lowest BCUT2D eigenvalue weighted by atomic mass is 9.91. The number of aromatic nitrogens is 2.